The van der Waals surface area contributed by atoms with Gasteiger partial charge in [-0.25, -0.2) is 0 Å². The number of ether oxygens (including phenoxy) is 1. The summed E-state index contributed by atoms with van der Waals surface area (Å²) < 4.78 is 5.91. The normalized spacial score (nSPS) is 14.8. The number of nitro groups is 1. The summed E-state index contributed by atoms with van der Waals surface area (Å²) in [5, 5.41) is 24.6. The van der Waals surface area contributed by atoms with Crippen LogP contribution in [0.3, 0.4) is 0 Å². The lowest BCUT2D eigenvalue weighted by Crippen LogP contribution is -2.35. The molecule has 2 aromatic carbocycles. The molecule has 2 aromatic rings. The first-order chi connectivity index (χ1) is 14.4. The topological polar surface area (TPSA) is 122 Å². The van der Waals surface area contributed by atoms with E-state index in [-0.39, 0.29) is 30.5 Å². The van der Waals surface area contributed by atoms with Crippen LogP contribution < -0.4 is 15.2 Å². The second-order valence-corrected chi connectivity index (χ2v) is 7.39. The highest BCUT2D eigenvalue weighted by Gasteiger charge is 2.18. The Bertz CT molecular complexity index is 889. The number of carbonyl (C=O) groups excluding carboxylic acids is 2. The lowest BCUT2D eigenvalue weighted by molar-refractivity contribution is -0.384. The first kappa shape index (κ1) is 21.3. The Hall–Kier alpha value is -3.42. The average Bonchev–Trinajstić information content (AvgIpc) is 3.21. The molecule has 0 saturated heterocycles. The Labute approximate surface area is 174 Å². The van der Waals surface area contributed by atoms with Gasteiger partial charge in [-0.1, -0.05) is 24.3 Å². The van der Waals surface area contributed by atoms with Gasteiger partial charge in [0.15, 0.2) is 0 Å². The van der Waals surface area contributed by atoms with Crippen LogP contribution in [-0.2, 0) is 16.0 Å². The Morgan fingerprint density at radius 2 is 1.70 bits per heavy atom. The first-order valence-corrected chi connectivity index (χ1v) is 9.90. The second kappa shape index (κ2) is 9.87. The number of nitro benzene ring substituents is 1. The van der Waals surface area contributed by atoms with E-state index in [4.69, 9.17) is 4.74 Å². The highest BCUT2D eigenvalue weighted by molar-refractivity contribution is 5.80. The molecular weight excluding hydrogens is 388 g/mol. The van der Waals surface area contributed by atoms with Crippen LogP contribution in [0.5, 0.6) is 5.75 Å². The van der Waals surface area contributed by atoms with E-state index in [9.17, 15) is 24.8 Å². The van der Waals surface area contributed by atoms with E-state index in [1.807, 2.05) is 0 Å². The smallest absolute Gasteiger partial charge is 0.269 e. The van der Waals surface area contributed by atoms with Crippen molar-refractivity contribution >= 4 is 17.6 Å². The van der Waals surface area contributed by atoms with Gasteiger partial charge in [0.05, 0.1) is 23.5 Å². The van der Waals surface area contributed by atoms with Crippen molar-refractivity contribution in [1.82, 2.24) is 5.32 Å². The Morgan fingerprint density at radius 1 is 1.07 bits per heavy atom. The van der Waals surface area contributed by atoms with Crippen LogP contribution in [0.25, 0.3) is 0 Å². The van der Waals surface area contributed by atoms with Gasteiger partial charge in [0, 0.05) is 24.5 Å². The number of hydrogen-bond donors (Lipinski definition) is 1. The monoisotopic (exact) mass is 411 g/mol. The largest absolute Gasteiger partial charge is 0.550 e. The highest BCUT2D eigenvalue weighted by Crippen LogP contribution is 2.26. The van der Waals surface area contributed by atoms with Gasteiger partial charge >= 0.3 is 0 Å². The number of non-ortho nitro benzene ring substituents is 1. The maximum atomic E-state index is 12.4. The van der Waals surface area contributed by atoms with Gasteiger partial charge in [0.2, 0.25) is 5.91 Å². The predicted molar refractivity (Wildman–Crippen MR) is 107 cm³/mol. The second-order valence-electron chi connectivity index (χ2n) is 7.39. The highest BCUT2D eigenvalue weighted by atomic mass is 16.6. The molecule has 0 heterocycles. The molecule has 3 rings (SSSR count). The zero-order chi connectivity index (χ0) is 21.5. The SMILES string of the molecule is O=C([O-])C[C@H](NC(=O)Cc1ccc([N+](=O)[O-])cc1)c1ccc(OC2CCCC2)cc1. The van der Waals surface area contributed by atoms with E-state index in [0.717, 1.165) is 31.4 Å². The van der Waals surface area contributed by atoms with Gasteiger partial charge in [-0.3, -0.25) is 14.9 Å². The van der Waals surface area contributed by atoms with E-state index in [2.05, 4.69) is 5.32 Å². The Balaban J connectivity index is 1.63. The van der Waals surface area contributed by atoms with E-state index >= 15 is 0 Å². The maximum Gasteiger partial charge on any atom is 0.269 e. The molecule has 1 amide bonds. The minimum absolute atomic E-state index is 0.0234. The molecule has 0 bridgehead atoms. The molecule has 158 valence electrons. The number of carboxylic acids is 1. The molecule has 0 radical (unpaired) electrons. The molecule has 8 nitrogen and oxygen atoms in total. The van der Waals surface area contributed by atoms with Gasteiger partial charge < -0.3 is 20.0 Å². The van der Waals surface area contributed by atoms with Gasteiger partial charge in [-0.05, 0) is 48.9 Å². The van der Waals surface area contributed by atoms with Crippen LogP contribution >= 0.6 is 0 Å². The quantitative estimate of drug-likeness (QED) is 0.500. The fraction of sp³-hybridized carbons (Fsp3) is 0.364. The van der Waals surface area contributed by atoms with Crippen molar-refractivity contribution in [2.24, 2.45) is 0 Å². The standard InChI is InChI=1S/C22H24N2O6/c25-21(13-15-5-9-17(10-6-15)24(28)29)23-20(14-22(26)27)16-7-11-19(12-8-16)30-18-3-1-2-4-18/h5-12,18,20H,1-4,13-14H2,(H,23,25)(H,26,27)/p-1/t20-/m0/s1. The number of carboxylic acid groups (broad SMARTS) is 1. The third kappa shape index (κ3) is 6.04. The third-order valence-electron chi connectivity index (χ3n) is 5.11. The van der Waals surface area contributed by atoms with Crippen molar-refractivity contribution in [2.45, 2.75) is 50.7 Å². The van der Waals surface area contributed by atoms with Crippen LogP contribution in [0.2, 0.25) is 0 Å². The summed E-state index contributed by atoms with van der Waals surface area (Å²) in [7, 11) is 0. The van der Waals surface area contributed by atoms with Crippen molar-refractivity contribution in [1.29, 1.82) is 0 Å². The lowest BCUT2D eigenvalue weighted by Gasteiger charge is -2.21. The third-order valence-corrected chi connectivity index (χ3v) is 5.11. The minimum Gasteiger partial charge on any atom is -0.550 e. The predicted octanol–water partition coefficient (Wildman–Crippen LogP) is 2.46. The van der Waals surface area contributed by atoms with Crippen molar-refractivity contribution in [3.8, 4) is 5.75 Å². The number of carbonyl (C=O) groups is 2. The Kier molecular flexibility index (Phi) is 7.00. The first-order valence-electron chi connectivity index (χ1n) is 9.90. The number of benzene rings is 2. The van der Waals surface area contributed by atoms with Crippen LogP contribution in [-0.4, -0.2) is 22.9 Å². The van der Waals surface area contributed by atoms with Gasteiger partial charge in [-0.15, -0.1) is 0 Å². The van der Waals surface area contributed by atoms with Crippen molar-refractivity contribution in [3.63, 3.8) is 0 Å². The van der Waals surface area contributed by atoms with Crippen molar-refractivity contribution in [2.75, 3.05) is 0 Å². The molecule has 1 saturated carbocycles. The molecular formula is C22H23N2O6-. The number of aliphatic carboxylic acids is 1. The summed E-state index contributed by atoms with van der Waals surface area (Å²) in [4.78, 5) is 33.8. The van der Waals surface area contributed by atoms with E-state index in [1.54, 1.807) is 24.3 Å². The zero-order valence-corrected chi connectivity index (χ0v) is 16.4. The maximum absolute atomic E-state index is 12.4. The molecule has 1 aliphatic rings. The van der Waals surface area contributed by atoms with Gasteiger partial charge in [-0.2, -0.15) is 0 Å². The van der Waals surface area contributed by atoms with Gasteiger partial charge in [0.25, 0.3) is 5.69 Å². The van der Waals surface area contributed by atoms with E-state index in [0.29, 0.717) is 11.1 Å². The van der Waals surface area contributed by atoms with E-state index in [1.165, 1.54) is 24.3 Å². The lowest BCUT2D eigenvalue weighted by atomic mass is 10.0. The van der Waals surface area contributed by atoms with Crippen LogP contribution in [0.1, 0.15) is 49.3 Å². The fourth-order valence-electron chi connectivity index (χ4n) is 3.56. The van der Waals surface area contributed by atoms with Crippen LogP contribution in [0.15, 0.2) is 48.5 Å². The zero-order valence-electron chi connectivity index (χ0n) is 16.4. The molecule has 8 heteroatoms. The Morgan fingerprint density at radius 3 is 2.27 bits per heavy atom. The molecule has 1 atom stereocenters. The average molecular weight is 411 g/mol. The summed E-state index contributed by atoms with van der Waals surface area (Å²) in [5.41, 5.74) is 1.16. The molecule has 0 unspecified atom stereocenters. The number of rotatable bonds is 9. The number of nitrogens with zero attached hydrogens (tertiary/aromatic N) is 1. The molecule has 30 heavy (non-hydrogen) atoms. The summed E-state index contributed by atoms with van der Waals surface area (Å²) in [6, 6.07) is 11.9. The number of hydrogen-bond acceptors (Lipinski definition) is 6. The van der Waals surface area contributed by atoms with Crippen LogP contribution in [0.4, 0.5) is 5.69 Å². The van der Waals surface area contributed by atoms with Crippen molar-refractivity contribution < 1.29 is 24.4 Å². The summed E-state index contributed by atoms with van der Waals surface area (Å²) in [6.07, 6.45) is 4.23. The minimum atomic E-state index is -1.28. The van der Waals surface area contributed by atoms with Crippen molar-refractivity contribution in [3.05, 3.63) is 69.8 Å². The molecule has 1 fully saturated rings. The molecule has 1 aliphatic carbocycles. The summed E-state index contributed by atoms with van der Waals surface area (Å²) in [6.45, 7) is 0. The van der Waals surface area contributed by atoms with Gasteiger partial charge in [0.1, 0.15) is 5.75 Å². The summed E-state index contributed by atoms with van der Waals surface area (Å²) >= 11 is 0. The molecule has 0 aliphatic heterocycles. The van der Waals surface area contributed by atoms with Crippen LogP contribution in [0, 0.1) is 10.1 Å². The summed E-state index contributed by atoms with van der Waals surface area (Å²) in [5.74, 6) is -0.946. The molecule has 0 spiro atoms. The number of amides is 1. The molecule has 0 aromatic heterocycles. The molecule has 1 N–H and O–H groups in total. The number of nitrogens with one attached hydrogen (secondary N) is 1. The fourth-order valence-corrected chi connectivity index (χ4v) is 3.56. The van der Waals surface area contributed by atoms with E-state index < -0.39 is 16.9 Å².